The second-order valence-corrected chi connectivity index (χ2v) is 8.48. The smallest absolute Gasteiger partial charge is 0.125 e. The van der Waals surface area contributed by atoms with Crippen LogP contribution in [0.5, 0.6) is 0 Å². The zero-order valence-electron chi connectivity index (χ0n) is 18.0. The van der Waals surface area contributed by atoms with E-state index in [1.807, 2.05) is 96.7 Å². The maximum absolute atomic E-state index is 13.3. The number of para-hydroxylation sites is 2. The number of ketones is 1. The first-order valence-corrected chi connectivity index (χ1v) is 10.8. The summed E-state index contributed by atoms with van der Waals surface area (Å²) in [6, 6.07) is 15.8. The lowest BCUT2D eigenvalue weighted by atomic mass is 9.96. The molecule has 0 saturated heterocycles. The van der Waals surface area contributed by atoms with Crippen LogP contribution in [-0.4, -0.2) is 32.1 Å². The molecule has 5 nitrogen and oxygen atoms in total. The van der Waals surface area contributed by atoms with Crippen LogP contribution in [0.15, 0.2) is 84.2 Å². The van der Waals surface area contributed by atoms with Gasteiger partial charge < -0.3 is 24.8 Å². The van der Waals surface area contributed by atoms with Crippen molar-refractivity contribution in [1.82, 2.24) is 0 Å². The molecule has 0 bridgehead atoms. The summed E-state index contributed by atoms with van der Waals surface area (Å²) in [4.78, 5) is 16.7. The molecule has 5 heteroatoms. The summed E-state index contributed by atoms with van der Waals surface area (Å²) in [5, 5.41) is 26.1. The molecule has 0 aromatic heterocycles. The first-order valence-electron chi connectivity index (χ1n) is 10.8. The Hall–Kier alpha value is -3.41. The number of rotatable bonds is 2. The van der Waals surface area contributed by atoms with Crippen molar-refractivity contribution in [2.45, 2.75) is 12.2 Å². The summed E-state index contributed by atoms with van der Waals surface area (Å²) in [6.07, 6.45) is 8.21. The number of Topliss-reactive ketones (excluding diaryl/α,β-unsaturated/α-hetero) is 1. The molecular weight excluding hydrogens is 400 g/mol. The fourth-order valence-electron chi connectivity index (χ4n) is 4.75. The molecular formula is C27H24N2O3-2. The molecule has 2 heterocycles. The molecule has 1 fully saturated rings. The van der Waals surface area contributed by atoms with Gasteiger partial charge in [0.05, 0.1) is 0 Å². The molecule has 0 N–H and O–H groups in total. The van der Waals surface area contributed by atoms with Gasteiger partial charge in [0.15, 0.2) is 0 Å². The fraction of sp³-hybridized carbons (Fsp3) is 0.222. The van der Waals surface area contributed by atoms with Gasteiger partial charge in [-0.3, -0.25) is 0 Å². The van der Waals surface area contributed by atoms with E-state index in [0.29, 0.717) is 0 Å². The number of anilines is 2. The van der Waals surface area contributed by atoms with E-state index in [0.717, 1.165) is 33.9 Å². The summed E-state index contributed by atoms with van der Waals surface area (Å²) in [7, 11) is 3.81. The average molecular weight is 425 g/mol. The van der Waals surface area contributed by atoms with E-state index in [-0.39, 0.29) is 0 Å². The minimum atomic E-state index is -1.56. The van der Waals surface area contributed by atoms with Gasteiger partial charge in [0.1, 0.15) is 5.78 Å². The van der Waals surface area contributed by atoms with Crippen LogP contribution in [0.2, 0.25) is 0 Å². The third kappa shape index (κ3) is 3.30. The maximum Gasteiger partial charge on any atom is 0.125 e. The topological polar surface area (TPSA) is 69.7 Å². The van der Waals surface area contributed by atoms with Crippen LogP contribution in [0.25, 0.3) is 12.2 Å². The van der Waals surface area contributed by atoms with E-state index in [4.69, 9.17) is 0 Å². The largest absolute Gasteiger partial charge is 0.851 e. The van der Waals surface area contributed by atoms with Crippen molar-refractivity contribution >= 4 is 29.3 Å². The van der Waals surface area contributed by atoms with E-state index in [1.54, 1.807) is 12.2 Å². The molecule has 5 rings (SSSR count). The number of allylic oxidation sites excluding steroid dienone is 2. The van der Waals surface area contributed by atoms with Gasteiger partial charge in [-0.25, -0.2) is 0 Å². The molecule has 2 aromatic rings. The Morgan fingerprint density at radius 1 is 0.750 bits per heavy atom. The highest BCUT2D eigenvalue weighted by atomic mass is 16.3. The lowest BCUT2D eigenvalue weighted by molar-refractivity contribution is -0.458. The fourth-order valence-corrected chi connectivity index (χ4v) is 4.75. The van der Waals surface area contributed by atoms with Crippen LogP contribution in [0.1, 0.15) is 11.1 Å². The molecule has 1 aliphatic carbocycles. The second kappa shape index (κ2) is 7.93. The van der Waals surface area contributed by atoms with Crippen molar-refractivity contribution in [2.75, 3.05) is 23.9 Å². The second-order valence-electron chi connectivity index (χ2n) is 8.48. The molecule has 2 aliphatic heterocycles. The Balaban J connectivity index is 1.43. The Morgan fingerprint density at radius 2 is 1.25 bits per heavy atom. The van der Waals surface area contributed by atoms with Crippen molar-refractivity contribution in [3.8, 4) is 0 Å². The highest BCUT2D eigenvalue weighted by Gasteiger charge is 2.37. The quantitative estimate of drug-likeness (QED) is 0.740. The zero-order valence-corrected chi connectivity index (χ0v) is 18.0. The van der Waals surface area contributed by atoms with Crippen LogP contribution >= 0.6 is 0 Å². The van der Waals surface area contributed by atoms with Gasteiger partial charge in [0.2, 0.25) is 0 Å². The minimum absolute atomic E-state index is 0.525. The van der Waals surface area contributed by atoms with E-state index in [9.17, 15) is 15.0 Å². The predicted molar refractivity (Wildman–Crippen MR) is 123 cm³/mol. The van der Waals surface area contributed by atoms with Crippen molar-refractivity contribution in [2.24, 2.45) is 11.8 Å². The molecule has 162 valence electrons. The number of nitrogens with zero attached hydrogens (tertiary/aromatic N) is 2. The van der Waals surface area contributed by atoms with E-state index in [2.05, 4.69) is 0 Å². The highest BCUT2D eigenvalue weighted by Crippen LogP contribution is 2.36. The van der Waals surface area contributed by atoms with Crippen molar-refractivity contribution in [3.63, 3.8) is 0 Å². The lowest BCUT2D eigenvalue weighted by Crippen LogP contribution is -2.40. The molecule has 0 radical (unpaired) electrons. The van der Waals surface area contributed by atoms with E-state index < -0.39 is 29.8 Å². The van der Waals surface area contributed by atoms with Crippen molar-refractivity contribution in [3.05, 3.63) is 95.4 Å². The molecule has 2 aromatic carbocycles. The van der Waals surface area contributed by atoms with Gasteiger partial charge in [-0.05, 0) is 41.3 Å². The Labute approximate surface area is 187 Å². The van der Waals surface area contributed by atoms with Gasteiger partial charge in [-0.2, -0.15) is 0 Å². The SMILES string of the molecule is CN1C(=CC2C(=O)C([O-])C(C=C3C=Cc4ccccc4N3C)C2[O-])C=Cc2ccccc21. The van der Waals surface area contributed by atoms with Gasteiger partial charge in [0.25, 0.3) is 0 Å². The number of hydrogen-bond donors (Lipinski definition) is 0. The average Bonchev–Trinajstić information content (AvgIpc) is 3.01. The predicted octanol–water partition coefficient (Wildman–Crippen LogP) is 2.35. The molecule has 4 atom stereocenters. The highest BCUT2D eigenvalue weighted by molar-refractivity contribution is 5.91. The first kappa shape index (κ1) is 20.5. The number of carbonyl (C=O) groups is 1. The summed E-state index contributed by atoms with van der Waals surface area (Å²) in [6.45, 7) is 0. The minimum Gasteiger partial charge on any atom is -0.851 e. The van der Waals surface area contributed by atoms with Crippen LogP contribution in [0.3, 0.4) is 0 Å². The molecule has 4 unspecified atom stereocenters. The number of benzene rings is 2. The first-order chi connectivity index (χ1) is 15.5. The molecule has 32 heavy (non-hydrogen) atoms. The van der Waals surface area contributed by atoms with E-state index >= 15 is 0 Å². The maximum atomic E-state index is 13.3. The van der Waals surface area contributed by atoms with Crippen LogP contribution in [0.4, 0.5) is 11.4 Å². The van der Waals surface area contributed by atoms with Gasteiger partial charge in [0, 0.05) is 42.8 Å². The number of hydrogen-bond acceptors (Lipinski definition) is 5. The summed E-state index contributed by atoms with van der Waals surface area (Å²) in [5.74, 6) is -2.37. The molecule has 0 amide bonds. The molecule has 3 aliphatic rings. The summed E-state index contributed by atoms with van der Waals surface area (Å²) >= 11 is 0. The van der Waals surface area contributed by atoms with Crippen LogP contribution < -0.4 is 20.0 Å². The van der Waals surface area contributed by atoms with E-state index in [1.165, 1.54) is 0 Å². The zero-order chi connectivity index (χ0) is 22.4. The van der Waals surface area contributed by atoms with Crippen LogP contribution in [0, 0.1) is 11.8 Å². The van der Waals surface area contributed by atoms with Gasteiger partial charge >= 0.3 is 0 Å². The Bertz CT molecular complexity index is 1190. The monoisotopic (exact) mass is 424 g/mol. The van der Waals surface area contributed by atoms with Gasteiger partial charge in [-0.15, -0.1) is 6.10 Å². The lowest BCUT2D eigenvalue weighted by Gasteiger charge is -2.33. The summed E-state index contributed by atoms with van der Waals surface area (Å²) < 4.78 is 0. The Morgan fingerprint density at radius 3 is 1.81 bits per heavy atom. The normalized spacial score (nSPS) is 29.1. The van der Waals surface area contributed by atoms with Gasteiger partial charge in [-0.1, -0.05) is 66.8 Å². The standard InChI is InChI=1S/C27H24N2O3/c1-28-19(13-11-17-7-3-5-9-23(17)28)15-21-25(30)22(27(32)26(21)31)16-20-14-12-18-8-4-6-10-24(18)29(20)2/h3-16,21-22,25-26H,1-2H3/q-2. The Kier molecular flexibility index (Phi) is 5.08. The molecule has 1 saturated carbocycles. The summed E-state index contributed by atoms with van der Waals surface area (Å²) in [5.41, 5.74) is 5.66. The molecule has 0 spiro atoms. The number of carbonyl (C=O) groups excluding carboxylic acids is 1. The number of fused-ring (bicyclic) bond motifs is 2. The number of likely N-dealkylation sites (N-methyl/N-ethyl adjacent to an activating group) is 2. The third-order valence-electron chi connectivity index (χ3n) is 6.64. The third-order valence-corrected chi connectivity index (χ3v) is 6.64. The van der Waals surface area contributed by atoms with Crippen LogP contribution in [-0.2, 0) is 4.79 Å². The van der Waals surface area contributed by atoms with Crippen molar-refractivity contribution in [1.29, 1.82) is 0 Å². The van der Waals surface area contributed by atoms with Crippen molar-refractivity contribution < 1.29 is 15.0 Å².